The highest BCUT2D eigenvalue weighted by molar-refractivity contribution is 7.15. The molecule has 2 aromatic heterocycles. The first-order chi connectivity index (χ1) is 13.9. The number of fused-ring (bicyclic) bond motifs is 1. The van der Waals surface area contributed by atoms with Crippen LogP contribution in [0.1, 0.15) is 55.7 Å². The number of aromatic nitrogens is 2. The van der Waals surface area contributed by atoms with Gasteiger partial charge >= 0.3 is 0 Å². The van der Waals surface area contributed by atoms with Crippen molar-refractivity contribution in [2.75, 3.05) is 5.32 Å². The minimum absolute atomic E-state index is 0.0459. The number of furan rings is 1. The molecule has 0 fully saturated rings. The van der Waals surface area contributed by atoms with Crippen molar-refractivity contribution in [3.05, 3.63) is 64.1 Å². The number of hydrogen-bond donors (Lipinski definition) is 1. The summed E-state index contributed by atoms with van der Waals surface area (Å²) >= 11 is 1.32. The molecule has 9 heteroatoms. The van der Waals surface area contributed by atoms with Crippen molar-refractivity contribution in [2.45, 2.75) is 26.8 Å². The smallest absolute Gasteiger partial charge is 0.261 e. The fourth-order valence-electron chi connectivity index (χ4n) is 3.04. The van der Waals surface area contributed by atoms with E-state index in [2.05, 4.69) is 29.4 Å². The maximum absolute atomic E-state index is 12.7. The molecule has 148 valence electrons. The van der Waals surface area contributed by atoms with Crippen LogP contribution < -0.4 is 5.32 Å². The summed E-state index contributed by atoms with van der Waals surface area (Å²) in [7, 11) is 0. The van der Waals surface area contributed by atoms with Crippen molar-refractivity contribution >= 4 is 34.2 Å². The second-order valence-electron chi connectivity index (χ2n) is 7.09. The van der Waals surface area contributed by atoms with Crippen molar-refractivity contribution in [1.82, 2.24) is 15.1 Å². The first-order valence-corrected chi connectivity index (χ1v) is 9.90. The van der Waals surface area contributed by atoms with E-state index in [0.29, 0.717) is 16.8 Å². The summed E-state index contributed by atoms with van der Waals surface area (Å²) in [5, 5.41) is 12.0. The average molecular weight is 410 g/mol. The average Bonchev–Trinajstić information content (AvgIpc) is 3.40. The largest absolute Gasteiger partial charge is 0.467 e. The third-order valence-corrected chi connectivity index (χ3v) is 5.26. The first kappa shape index (κ1) is 19.0. The molecule has 3 amide bonds. The first-order valence-electron chi connectivity index (χ1n) is 9.08. The van der Waals surface area contributed by atoms with Gasteiger partial charge in [0.1, 0.15) is 10.8 Å². The molecule has 1 aliphatic rings. The molecule has 4 rings (SSSR count). The normalized spacial score (nSPS) is 13.3. The Morgan fingerprint density at radius 1 is 1.17 bits per heavy atom. The molecule has 0 bridgehead atoms. The summed E-state index contributed by atoms with van der Waals surface area (Å²) in [6.45, 7) is 4.21. The Balaban J connectivity index is 1.51. The van der Waals surface area contributed by atoms with Gasteiger partial charge < -0.3 is 4.42 Å². The Kier molecular flexibility index (Phi) is 4.98. The molecule has 0 saturated carbocycles. The van der Waals surface area contributed by atoms with E-state index in [4.69, 9.17) is 4.42 Å². The van der Waals surface area contributed by atoms with Gasteiger partial charge in [-0.05, 0) is 36.2 Å². The van der Waals surface area contributed by atoms with Crippen LogP contribution in [0.2, 0.25) is 0 Å². The summed E-state index contributed by atoms with van der Waals surface area (Å²) < 4.78 is 5.22. The van der Waals surface area contributed by atoms with Crippen LogP contribution in [-0.4, -0.2) is 32.8 Å². The zero-order chi connectivity index (χ0) is 20.5. The SMILES string of the molecule is CC(C)Cc1nnc(NC(=O)c2ccc3c(c2)C(=O)N(Cc2ccco2)C3=O)s1. The molecule has 0 saturated heterocycles. The van der Waals surface area contributed by atoms with E-state index in [-0.39, 0.29) is 23.2 Å². The summed E-state index contributed by atoms with van der Waals surface area (Å²) in [5.74, 6) is -0.325. The van der Waals surface area contributed by atoms with E-state index in [1.165, 1.54) is 35.8 Å². The number of benzene rings is 1. The molecule has 29 heavy (non-hydrogen) atoms. The molecule has 1 aliphatic heterocycles. The number of amides is 3. The van der Waals surface area contributed by atoms with Gasteiger partial charge in [-0.15, -0.1) is 10.2 Å². The maximum atomic E-state index is 12.7. The van der Waals surface area contributed by atoms with Crippen molar-refractivity contribution in [2.24, 2.45) is 5.92 Å². The monoisotopic (exact) mass is 410 g/mol. The van der Waals surface area contributed by atoms with Crippen LogP contribution in [0, 0.1) is 5.92 Å². The molecule has 0 atom stereocenters. The molecule has 0 aliphatic carbocycles. The highest BCUT2D eigenvalue weighted by Gasteiger charge is 2.36. The number of nitrogens with zero attached hydrogens (tertiary/aromatic N) is 3. The van der Waals surface area contributed by atoms with Gasteiger partial charge in [0.15, 0.2) is 0 Å². The Bertz CT molecular complexity index is 1090. The third kappa shape index (κ3) is 3.81. The Hall–Kier alpha value is -3.33. The van der Waals surface area contributed by atoms with E-state index < -0.39 is 17.7 Å². The van der Waals surface area contributed by atoms with Crippen LogP contribution in [0.15, 0.2) is 41.0 Å². The lowest BCUT2D eigenvalue weighted by Gasteiger charge is -2.11. The highest BCUT2D eigenvalue weighted by Crippen LogP contribution is 2.26. The number of imide groups is 1. The van der Waals surface area contributed by atoms with E-state index in [1.54, 1.807) is 12.1 Å². The zero-order valence-corrected chi connectivity index (χ0v) is 16.7. The molecule has 1 aromatic carbocycles. The van der Waals surface area contributed by atoms with Crippen molar-refractivity contribution in [3.8, 4) is 0 Å². The van der Waals surface area contributed by atoms with E-state index >= 15 is 0 Å². The number of nitrogens with one attached hydrogen (secondary N) is 1. The van der Waals surface area contributed by atoms with Gasteiger partial charge in [0.05, 0.1) is 23.9 Å². The van der Waals surface area contributed by atoms with Gasteiger partial charge in [0, 0.05) is 12.0 Å². The van der Waals surface area contributed by atoms with Gasteiger partial charge in [0.2, 0.25) is 5.13 Å². The van der Waals surface area contributed by atoms with Crippen LogP contribution in [-0.2, 0) is 13.0 Å². The number of rotatable bonds is 6. The van der Waals surface area contributed by atoms with E-state index in [9.17, 15) is 14.4 Å². The quantitative estimate of drug-likeness (QED) is 0.625. The van der Waals surface area contributed by atoms with Crippen LogP contribution in [0.5, 0.6) is 0 Å². The Morgan fingerprint density at radius 3 is 2.69 bits per heavy atom. The fraction of sp³-hybridized carbons (Fsp3) is 0.250. The van der Waals surface area contributed by atoms with Gasteiger partial charge in [-0.3, -0.25) is 24.6 Å². The topological polar surface area (TPSA) is 105 Å². The molecule has 1 N–H and O–H groups in total. The number of anilines is 1. The molecule has 3 heterocycles. The molecule has 0 spiro atoms. The number of carbonyl (C=O) groups is 3. The summed E-state index contributed by atoms with van der Waals surface area (Å²) in [4.78, 5) is 38.9. The van der Waals surface area contributed by atoms with Crippen LogP contribution in [0.25, 0.3) is 0 Å². The predicted octanol–water partition coefficient (Wildman–Crippen LogP) is 3.38. The fourth-order valence-corrected chi connectivity index (χ4v) is 3.99. The highest BCUT2D eigenvalue weighted by atomic mass is 32.1. The molecule has 3 aromatic rings. The van der Waals surface area contributed by atoms with E-state index in [1.807, 2.05) is 0 Å². The second kappa shape index (κ2) is 7.59. The van der Waals surface area contributed by atoms with Crippen LogP contribution >= 0.6 is 11.3 Å². The van der Waals surface area contributed by atoms with E-state index in [0.717, 1.165) is 16.3 Å². The summed E-state index contributed by atoms with van der Waals surface area (Å²) in [6.07, 6.45) is 2.27. The summed E-state index contributed by atoms with van der Waals surface area (Å²) in [5.41, 5.74) is 0.741. The molecular weight excluding hydrogens is 392 g/mol. The number of carbonyl (C=O) groups excluding carboxylic acids is 3. The standard InChI is InChI=1S/C20H18N4O4S/c1-11(2)8-16-22-23-20(29-16)21-17(25)12-5-6-14-15(9-12)19(27)24(18(14)26)10-13-4-3-7-28-13/h3-7,9,11H,8,10H2,1-2H3,(H,21,23,25). The maximum Gasteiger partial charge on any atom is 0.261 e. The van der Waals surface area contributed by atoms with Crippen LogP contribution in [0.3, 0.4) is 0 Å². The molecular formula is C20H18N4O4S. The van der Waals surface area contributed by atoms with Crippen molar-refractivity contribution < 1.29 is 18.8 Å². The van der Waals surface area contributed by atoms with Gasteiger partial charge in [-0.2, -0.15) is 0 Å². The minimum atomic E-state index is -0.453. The zero-order valence-electron chi connectivity index (χ0n) is 15.8. The third-order valence-electron chi connectivity index (χ3n) is 4.40. The molecule has 8 nitrogen and oxygen atoms in total. The summed E-state index contributed by atoms with van der Waals surface area (Å²) in [6, 6.07) is 7.83. The van der Waals surface area contributed by atoms with Crippen molar-refractivity contribution in [1.29, 1.82) is 0 Å². The second-order valence-corrected chi connectivity index (χ2v) is 8.15. The molecule has 0 unspecified atom stereocenters. The van der Waals surface area contributed by atoms with Gasteiger partial charge in [-0.1, -0.05) is 25.2 Å². The Morgan fingerprint density at radius 2 is 1.97 bits per heavy atom. The lowest BCUT2D eigenvalue weighted by molar-refractivity contribution is 0.0631. The van der Waals surface area contributed by atoms with Crippen LogP contribution in [0.4, 0.5) is 5.13 Å². The lowest BCUT2D eigenvalue weighted by Crippen LogP contribution is -2.28. The minimum Gasteiger partial charge on any atom is -0.467 e. The predicted molar refractivity (Wildman–Crippen MR) is 106 cm³/mol. The number of hydrogen-bond acceptors (Lipinski definition) is 7. The van der Waals surface area contributed by atoms with Gasteiger partial charge in [0.25, 0.3) is 17.7 Å². The Labute approximate surface area is 170 Å². The van der Waals surface area contributed by atoms with Crippen molar-refractivity contribution in [3.63, 3.8) is 0 Å². The molecule has 0 radical (unpaired) electrons. The van der Waals surface area contributed by atoms with Gasteiger partial charge in [-0.25, -0.2) is 0 Å². The lowest BCUT2D eigenvalue weighted by atomic mass is 10.1.